The van der Waals surface area contributed by atoms with Gasteiger partial charge in [0.05, 0.1) is 0 Å². The number of rotatable bonds is 4. The summed E-state index contributed by atoms with van der Waals surface area (Å²) in [5, 5.41) is 8.40. The summed E-state index contributed by atoms with van der Waals surface area (Å²) >= 11 is 0. The predicted octanol–water partition coefficient (Wildman–Crippen LogP) is 2.41. The van der Waals surface area contributed by atoms with Gasteiger partial charge in [-0.2, -0.15) is 0 Å². The maximum Gasteiger partial charge on any atom is 0.291 e. The Morgan fingerprint density at radius 1 is 1.33 bits per heavy atom. The summed E-state index contributed by atoms with van der Waals surface area (Å²) in [6, 6.07) is 4.09. The normalized spacial score (nSPS) is 15.5. The van der Waals surface area contributed by atoms with E-state index in [1.54, 1.807) is 4.90 Å². The van der Waals surface area contributed by atoms with Crippen LogP contribution in [-0.4, -0.2) is 43.6 Å². The number of aromatic nitrogens is 4. The van der Waals surface area contributed by atoms with E-state index in [1.165, 1.54) is 12.0 Å². The zero-order valence-corrected chi connectivity index (χ0v) is 14.7. The number of carbonyl (C=O) groups is 1. The number of fused-ring (bicyclic) bond motifs is 1. The molecule has 1 aliphatic heterocycles. The van der Waals surface area contributed by atoms with Gasteiger partial charge in [-0.1, -0.05) is 6.42 Å². The predicted molar refractivity (Wildman–Crippen MR) is 91.8 cm³/mol. The summed E-state index contributed by atoms with van der Waals surface area (Å²) in [5.41, 5.74) is 2.19. The van der Waals surface area contributed by atoms with Crippen LogP contribution in [0.15, 0.2) is 18.3 Å². The molecule has 6 nitrogen and oxygen atoms in total. The lowest BCUT2D eigenvalue weighted by atomic mass is 10.1. The first-order valence-corrected chi connectivity index (χ1v) is 8.67. The van der Waals surface area contributed by atoms with E-state index in [2.05, 4.69) is 28.2 Å². The largest absolute Gasteiger partial charge is 0.336 e. The molecule has 0 N–H and O–H groups in total. The highest BCUT2D eigenvalue weighted by molar-refractivity contribution is 5.90. The molecular weight excluding hydrogens is 302 g/mol. The van der Waals surface area contributed by atoms with Crippen LogP contribution in [0.25, 0.3) is 0 Å². The molecule has 0 saturated heterocycles. The van der Waals surface area contributed by atoms with Crippen LogP contribution in [0.2, 0.25) is 0 Å². The topological polar surface area (TPSA) is 63.9 Å². The van der Waals surface area contributed by atoms with Gasteiger partial charge in [-0.15, -0.1) is 10.2 Å². The average Bonchev–Trinajstić information content (AvgIpc) is 2.82. The van der Waals surface area contributed by atoms with Crippen molar-refractivity contribution in [2.24, 2.45) is 0 Å². The van der Waals surface area contributed by atoms with E-state index in [9.17, 15) is 4.79 Å². The van der Waals surface area contributed by atoms with Gasteiger partial charge in [-0.3, -0.25) is 9.78 Å². The second kappa shape index (κ2) is 7.11. The molecule has 2 aromatic heterocycles. The number of carbonyl (C=O) groups excluding carboxylic acids is 1. The summed E-state index contributed by atoms with van der Waals surface area (Å²) < 4.78 is 2.00. The lowest BCUT2D eigenvalue weighted by Crippen LogP contribution is -2.38. The highest BCUT2D eigenvalue weighted by atomic mass is 16.2. The Morgan fingerprint density at radius 2 is 2.17 bits per heavy atom. The fraction of sp³-hybridized carbons (Fsp3) is 0.556. The van der Waals surface area contributed by atoms with Crippen molar-refractivity contribution in [3.63, 3.8) is 0 Å². The van der Waals surface area contributed by atoms with Crippen molar-refractivity contribution in [1.29, 1.82) is 0 Å². The first-order chi connectivity index (χ1) is 11.6. The van der Waals surface area contributed by atoms with Crippen molar-refractivity contribution in [2.45, 2.75) is 58.5 Å². The minimum absolute atomic E-state index is 0.0468. The van der Waals surface area contributed by atoms with E-state index in [4.69, 9.17) is 0 Å². The van der Waals surface area contributed by atoms with Crippen LogP contribution >= 0.6 is 0 Å². The van der Waals surface area contributed by atoms with Crippen LogP contribution in [-0.2, 0) is 19.4 Å². The quantitative estimate of drug-likeness (QED) is 0.865. The molecule has 3 rings (SSSR count). The Bertz CT molecular complexity index is 724. The lowest BCUT2D eigenvalue weighted by molar-refractivity contribution is 0.0724. The van der Waals surface area contributed by atoms with E-state index < -0.39 is 0 Å². The standard InChI is InChI=1S/C18H25N5O/c1-13-8-9-19-15(11-13)12-14(2)22(3)18(24)17-21-20-16-7-5-4-6-10-23(16)17/h8-9,11,14H,4-7,10,12H2,1-3H3. The number of likely N-dealkylation sites (N-methyl/N-ethyl adjacent to an activating group) is 1. The van der Waals surface area contributed by atoms with Crippen LogP contribution in [0.3, 0.4) is 0 Å². The fourth-order valence-corrected chi connectivity index (χ4v) is 3.15. The SMILES string of the molecule is Cc1ccnc(CC(C)N(C)C(=O)c2nnc3n2CCCCC3)c1. The van der Waals surface area contributed by atoms with Gasteiger partial charge in [0.25, 0.3) is 5.91 Å². The van der Waals surface area contributed by atoms with Crippen molar-refractivity contribution in [3.8, 4) is 0 Å². The molecule has 1 aliphatic rings. The summed E-state index contributed by atoms with van der Waals surface area (Å²) in [6.45, 7) is 4.93. The van der Waals surface area contributed by atoms with Crippen LogP contribution in [0.1, 0.15) is 53.9 Å². The molecule has 0 fully saturated rings. The molecule has 0 aromatic carbocycles. The minimum atomic E-state index is -0.0594. The Balaban J connectivity index is 1.73. The molecule has 2 aromatic rings. The Hall–Kier alpha value is -2.24. The third kappa shape index (κ3) is 3.47. The molecule has 1 unspecified atom stereocenters. The minimum Gasteiger partial charge on any atom is -0.336 e. The van der Waals surface area contributed by atoms with E-state index in [1.807, 2.05) is 30.8 Å². The number of hydrogen-bond donors (Lipinski definition) is 0. The molecule has 0 bridgehead atoms. The molecule has 0 aliphatic carbocycles. The van der Waals surface area contributed by atoms with Crippen molar-refractivity contribution >= 4 is 5.91 Å². The Morgan fingerprint density at radius 3 is 2.96 bits per heavy atom. The second-order valence-corrected chi connectivity index (χ2v) is 6.70. The molecule has 1 amide bonds. The molecule has 1 atom stereocenters. The van der Waals surface area contributed by atoms with Gasteiger partial charge in [-0.25, -0.2) is 0 Å². The summed E-state index contributed by atoms with van der Waals surface area (Å²) in [6.07, 6.45) is 6.84. The first kappa shape index (κ1) is 16.6. The number of hydrogen-bond acceptors (Lipinski definition) is 4. The van der Waals surface area contributed by atoms with E-state index >= 15 is 0 Å². The maximum absolute atomic E-state index is 12.9. The van der Waals surface area contributed by atoms with Crippen LogP contribution in [0.5, 0.6) is 0 Å². The van der Waals surface area contributed by atoms with E-state index in [0.29, 0.717) is 5.82 Å². The van der Waals surface area contributed by atoms with Crippen molar-refractivity contribution in [3.05, 3.63) is 41.2 Å². The van der Waals surface area contributed by atoms with Gasteiger partial charge in [0.15, 0.2) is 0 Å². The molecule has 0 saturated carbocycles. The highest BCUT2D eigenvalue weighted by Gasteiger charge is 2.25. The molecule has 0 radical (unpaired) electrons. The van der Waals surface area contributed by atoms with Crippen molar-refractivity contribution in [1.82, 2.24) is 24.6 Å². The number of amides is 1. The third-order valence-corrected chi connectivity index (χ3v) is 4.76. The van der Waals surface area contributed by atoms with Gasteiger partial charge in [-0.05, 0) is 44.4 Å². The molecular formula is C18H25N5O. The summed E-state index contributed by atoms with van der Waals surface area (Å²) in [4.78, 5) is 19.0. The number of nitrogens with zero attached hydrogens (tertiary/aromatic N) is 5. The average molecular weight is 327 g/mol. The van der Waals surface area contributed by atoms with E-state index in [0.717, 1.165) is 43.7 Å². The van der Waals surface area contributed by atoms with Crippen molar-refractivity contribution < 1.29 is 4.79 Å². The second-order valence-electron chi connectivity index (χ2n) is 6.70. The summed E-state index contributed by atoms with van der Waals surface area (Å²) in [5.74, 6) is 1.35. The fourth-order valence-electron chi connectivity index (χ4n) is 3.15. The Kier molecular flexibility index (Phi) is 4.92. The smallest absolute Gasteiger partial charge is 0.291 e. The van der Waals surface area contributed by atoms with Gasteiger partial charge < -0.3 is 9.47 Å². The molecule has 128 valence electrons. The van der Waals surface area contributed by atoms with Gasteiger partial charge in [0.2, 0.25) is 5.82 Å². The first-order valence-electron chi connectivity index (χ1n) is 8.67. The highest BCUT2D eigenvalue weighted by Crippen LogP contribution is 2.16. The maximum atomic E-state index is 12.9. The lowest BCUT2D eigenvalue weighted by Gasteiger charge is -2.24. The van der Waals surface area contributed by atoms with Gasteiger partial charge in [0.1, 0.15) is 5.82 Å². The number of aryl methyl sites for hydroxylation is 2. The molecule has 6 heteroatoms. The van der Waals surface area contributed by atoms with Crippen LogP contribution in [0.4, 0.5) is 0 Å². The third-order valence-electron chi connectivity index (χ3n) is 4.76. The van der Waals surface area contributed by atoms with Gasteiger partial charge in [0, 0.05) is 44.4 Å². The van der Waals surface area contributed by atoms with Gasteiger partial charge >= 0.3 is 0 Å². The monoisotopic (exact) mass is 327 g/mol. The molecule has 24 heavy (non-hydrogen) atoms. The van der Waals surface area contributed by atoms with Crippen molar-refractivity contribution in [2.75, 3.05) is 7.05 Å². The summed E-state index contributed by atoms with van der Waals surface area (Å²) in [7, 11) is 1.83. The molecule has 3 heterocycles. The zero-order chi connectivity index (χ0) is 17.1. The van der Waals surface area contributed by atoms with Crippen LogP contribution in [0, 0.1) is 6.92 Å². The zero-order valence-electron chi connectivity index (χ0n) is 14.7. The van der Waals surface area contributed by atoms with Crippen LogP contribution < -0.4 is 0 Å². The number of pyridine rings is 1. The van der Waals surface area contributed by atoms with E-state index in [-0.39, 0.29) is 11.9 Å². The molecule has 0 spiro atoms. The Labute approximate surface area is 142 Å².